The lowest BCUT2D eigenvalue weighted by molar-refractivity contribution is -0.127. The second-order valence-electron chi connectivity index (χ2n) is 11.3. The predicted octanol–water partition coefficient (Wildman–Crippen LogP) is 3.15. The van der Waals surface area contributed by atoms with Gasteiger partial charge in [-0.25, -0.2) is 4.79 Å². The van der Waals surface area contributed by atoms with Crippen molar-refractivity contribution in [3.05, 3.63) is 51.8 Å². The van der Waals surface area contributed by atoms with Gasteiger partial charge in [0, 0.05) is 18.2 Å². The Hall–Kier alpha value is -3.27. The molecule has 0 radical (unpaired) electrons. The van der Waals surface area contributed by atoms with Gasteiger partial charge >= 0.3 is 5.76 Å². The van der Waals surface area contributed by atoms with Gasteiger partial charge in [0.1, 0.15) is 0 Å². The maximum atomic E-state index is 13.5. The molecule has 2 aliphatic rings. The van der Waals surface area contributed by atoms with Crippen LogP contribution in [0.3, 0.4) is 0 Å². The summed E-state index contributed by atoms with van der Waals surface area (Å²) < 4.78 is 6.39. The monoisotopic (exact) mass is 539 g/mol. The summed E-state index contributed by atoms with van der Waals surface area (Å²) in [5.74, 6) is -1.91. The molecule has 2 N–H and O–H groups in total. The zero-order valence-corrected chi connectivity index (χ0v) is 23.3. The number of nitrogens with zero attached hydrogens (tertiary/aromatic N) is 3. The van der Waals surface area contributed by atoms with E-state index in [0.29, 0.717) is 37.3 Å². The highest BCUT2D eigenvalue weighted by atomic mass is 16.4. The number of carbonyl (C=O) groups is 3. The van der Waals surface area contributed by atoms with Crippen molar-refractivity contribution in [2.24, 2.45) is 11.8 Å². The quantitative estimate of drug-likeness (QED) is 0.375. The number of hydrogen-bond donors (Lipinski definition) is 2. The molecule has 2 fully saturated rings. The molecule has 10 heteroatoms. The molecule has 10 nitrogen and oxygen atoms in total. The van der Waals surface area contributed by atoms with Gasteiger partial charge in [-0.05, 0) is 69.8 Å². The molecule has 1 aromatic carbocycles. The molecule has 39 heavy (non-hydrogen) atoms. The van der Waals surface area contributed by atoms with Crippen LogP contribution in [0.2, 0.25) is 0 Å². The standard InChI is InChI=1S/C29H41N5O5/c1-4-5-9-24(25(35)28-32-34(29(38)39-28)18-20-11-12-20)31-27(37)22-8-6-7-10-23(22)30-26(36)21-15-13-19(14-16-21)17-33(2)3/h13-16,20,22-24H,4-12,17-18H2,1-3H3,(H,30,36)(H,31,37)/t22-,23+,24?/m1/s1. The largest absolute Gasteiger partial charge is 0.437 e. The summed E-state index contributed by atoms with van der Waals surface area (Å²) in [6, 6.07) is 6.32. The van der Waals surface area contributed by atoms with Gasteiger partial charge in [-0.2, -0.15) is 4.68 Å². The van der Waals surface area contributed by atoms with Gasteiger partial charge in [0.15, 0.2) is 0 Å². The lowest BCUT2D eigenvalue weighted by Crippen LogP contribution is -2.51. The molecule has 2 saturated carbocycles. The molecule has 0 bridgehead atoms. The van der Waals surface area contributed by atoms with E-state index in [4.69, 9.17) is 4.42 Å². The number of hydrogen-bond acceptors (Lipinski definition) is 7. The fraction of sp³-hybridized carbons (Fsp3) is 0.621. The van der Waals surface area contributed by atoms with Gasteiger partial charge in [0.2, 0.25) is 11.7 Å². The zero-order chi connectivity index (χ0) is 27.9. The van der Waals surface area contributed by atoms with Gasteiger partial charge in [-0.1, -0.05) is 44.7 Å². The topological polar surface area (TPSA) is 127 Å². The van der Waals surface area contributed by atoms with Gasteiger partial charge in [-0.15, -0.1) is 5.10 Å². The van der Waals surface area contributed by atoms with Crippen molar-refractivity contribution < 1.29 is 18.8 Å². The van der Waals surface area contributed by atoms with Crippen LogP contribution in [0.4, 0.5) is 0 Å². The summed E-state index contributed by atoms with van der Waals surface area (Å²) in [5.41, 5.74) is 1.66. The molecule has 0 saturated heterocycles. The number of amides is 2. The Morgan fingerprint density at radius 1 is 1.10 bits per heavy atom. The maximum Gasteiger partial charge on any atom is 0.437 e. The third kappa shape index (κ3) is 7.88. The first-order chi connectivity index (χ1) is 18.7. The van der Waals surface area contributed by atoms with Crippen LogP contribution in [-0.2, 0) is 17.9 Å². The lowest BCUT2D eigenvalue weighted by Gasteiger charge is -2.32. The minimum Gasteiger partial charge on any atom is -0.384 e. The lowest BCUT2D eigenvalue weighted by atomic mass is 9.83. The van der Waals surface area contributed by atoms with Gasteiger partial charge < -0.3 is 20.0 Å². The first kappa shape index (κ1) is 28.7. The molecule has 1 unspecified atom stereocenters. The summed E-state index contributed by atoms with van der Waals surface area (Å²) >= 11 is 0. The van der Waals surface area contributed by atoms with Crippen LogP contribution >= 0.6 is 0 Å². The van der Waals surface area contributed by atoms with Crippen molar-refractivity contribution in [2.45, 2.75) is 89.9 Å². The fourth-order valence-electron chi connectivity index (χ4n) is 5.17. The fourth-order valence-corrected chi connectivity index (χ4v) is 5.17. The minimum absolute atomic E-state index is 0.210. The van der Waals surface area contributed by atoms with Crippen LogP contribution in [0.25, 0.3) is 0 Å². The number of benzene rings is 1. The van der Waals surface area contributed by atoms with E-state index in [0.717, 1.165) is 50.6 Å². The highest BCUT2D eigenvalue weighted by Crippen LogP contribution is 2.30. The maximum absolute atomic E-state index is 13.5. The molecule has 1 aromatic heterocycles. The third-order valence-electron chi connectivity index (χ3n) is 7.56. The Kier molecular flexibility index (Phi) is 9.72. The molecule has 3 atom stereocenters. The Morgan fingerprint density at radius 3 is 2.49 bits per heavy atom. The third-order valence-corrected chi connectivity index (χ3v) is 7.56. The molecule has 0 aliphatic heterocycles. The van der Waals surface area contributed by atoms with Crippen LogP contribution in [0.15, 0.2) is 33.5 Å². The zero-order valence-electron chi connectivity index (χ0n) is 23.3. The van der Waals surface area contributed by atoms with Crippen LogP contribution in [0, 0.1) is 11.8 Å². The van der Waals surface area contributed by atoms with E-state index in [-0.39, 0.29) is 23.7 Å². The summed E-state index contributed by atoms with van der Waals surface area (Å²) in [6.45, 7) is 3.24. The van der Waals surface area contributed by atoms with Crippen molar-refractivity contribution in [1.82, 2.24) is 25.3 Å². The van der Waals surface area contributed by atoms with E-state index in [1.807, 2.05) is 45.3 Å². The molecule has 2 aromatic rings. The Bertz CT molecular complexity index is 1200. The molecule has 1 heterocycles. The number of rotatable bonds is 13. The summed E-state index contributed by atoms with van der Waals surface area (Å²) in [7, 11) is 3.99. The van der Waals surface area contributed by atoms with Crippen molar-refractivity contribution in [3.63, 3.8) is 0 Å². The van der Waals surface area contributed by atoms with E-state index in [2.05, 4.69) is 20.6 Å². The average Bonchev–Trinajstić information content (AvgIpc) is 3.66. The molecule has 4 rings (SSSR count). The van der Waals surface area contributed by atoms with Gasteiger partial charge in [-0.3, -0.25) is 14.4 Å². The minimum atomic E-state index is -0.840. The van der Waals surface area contributed by atoms with Crippen molar-refractivity contribution >= 4 is 17.6 Å². The van der Waals surface area contributed by atoms with Crippen molar-refractivity contribution in [1.29, 1.82) is 0 Å². The number of Topliss-reactive ketones (excluding diaryl/α,β-unsaturated/α-hetero) is 1. The van der Waals surface area contributed by atoms with Gasteiger partial charge in [0.05, 0.1) is 18.5 Å². The molecule has 2 aliphatic carbocycles. The SMILES string of the molecule is CCCCC(NC(=O)[C@@H]1CCCC[C@@H]1NC(=O)c1ccc(CN(C)C)cc1)C(=O)c1nn(CC2CC2)c(=O)o1. The summed E-state index contributed by atoms with van der Waals surface area (Å²) in [4.78, 5) is 54.0. The number of nitrogens with one attached hydrogen (secondary N) is 2. The highest BCUT2D eigenvalue weighted by Gasteiger charge is 2.35. The van der Waals surface area contributed by atoms with Crippen LogP contribution in [0.1, 0.15) is 91.3 Å². The molecule has 0 spiro atoms. The Labute approximate surface area is 229 Å². The number of carbonyl (C=O) groups excluding carboxylic acids is 3. The van der Waals surface area contributed by atoms with E-state index in [1.165, 1.54) is 4.68 Å². The van der Waals surface area contributed by atoms with Gasteiger partial charge in [0.25, 0.3) is 11.8 Å². The first-order valence-corrected chi connectivity index (χ1v) is 14.2. The highest BCUT2D eigenvalue weighted by molar-refractivity contribution is 5.99. The van der Waals surface area contributed by atoms with E-state index in [1.54, 1.807) is 0 Å². The first-order valence-electron chi connectivity index (χ1n) is 14.2. The van der Waals surface area contributed by atoms with E-state index in [9.17, 15) is 19.2 Å². The van der Waals surface area contributed by atoms with E-state index < -0.39 is 23.5 Å². The summed E-state index contributed by atoms with van der Waals surface area (Å²) in [6.07, 6.45) is 7.17. The van der Waals surface area contributed by atoms with Crippen LogP contribution < -0.4 is 16.4 Å². The predicted molar refractivity (Wildman–Crippen MR) is 146 cm³/mol. The van der Waals surface area contributed by atoms with Crippen molar-refractivity contribution in [3.8, 4) is 0 Å². The summed E-state index contributed by atoms with van der Waals surface area (Å²) in [5, 5.41) is 10.1. The molecule has 2 amide bonds. The molecular weight excluding hydrogens is 498 g/mol. The Balaban J connectivity index is 1.42. The smallest absolute Gasteiger partial charge is 0.384 e. The normalized spacial score (nSPS) is 20.0. The molecular formula is C29H41N5O5. The van der Waals surface area contributed by atoms with Crippen LogP contribution in [-0.4, -0.2) is 58.5 Å². The Morgan fingerprint density at radius 2 is 1.82 bits per heavy atom. The molecule has 212 valence electrons. The second kappa shape index (κ2) is 13.2. The average molecular weight is 540 g/mol. The van der Waals surface area contributed by atoms with Crippen molar-refractivity contribution in [2.75, 3.05) is 14.1 Å². The van der Waals surface area contributed by atoms with E-state index >= 15 is 0 Å². The number of aromatic nitrogens is 2. The number of ketones is 1. The number of unbranched alkanes of at least 4 members (excludes halogenated alkanes) is 1. The van der Waals surface area contributed by atoms with Crippen LogP contribution in [0.5, 0.6) is 0 Å². The second-order valence-corrected chi connectivity index (χ2v) is 11.3.